The third-order valence-electron chi connectivity index (χ3n) is 4.55. The summed E-state index contributed by atoms with van der Waals surface area (Å²) in [5, 5.41) is 0. The lowest BCUT2D eigenvalue weighted by atomic mass is 9.96. The van der Waals surface area contributed by atoms with Crippen LogP contribution < -0.4 is 4.72 Å². The highest BCUT2D eigenvalue weighted by molar-refractivity contribution is 7.92. The van der Waals surface area contributed by atoms with Crippen molar-refractivity contribution in [2.75, 3.05) is 11.0 Å². The Kier molecular flexibility index (Phi) is 4.25. The Bertz CT molecular complexity index is 911. The predicted octanol–water partition coefficient (Wildman–Crippen LogP) is 3.58. The number of rotatable bonds is 3. The monoisotopic (exact) mass is 346 g/mol. The van der Waals surface area contributed by atoms with Crippen molar-refractivity contribution >= 4 is 21.5 Å². The Hall–Kier alpha value is -2.08. The van der Waals surface area contributed by atoms with E-state index >= 15 is 0 Å². The van der Waals surface area contributed by atoms with E-state index < -0.39 is 10.0 Å². The number of aromatic amines is 1. The molecular weight excluding hydrogens is 324 g/mol. The van der Waals surface area contributed by atoms with Crippen LogP contribution in [0.2, 0.25) is 0 Å². The first kappa shape index (κ1) is 16.8. The van der Waals surface area contributed by atoms with Gasteiger partial charge in [0.15, 0.2) is 5.78 Å². The highest BCUT2D eigenvalue weighted by Crippen LogP contribution is 2.36. The molecule has 0 radical (unpaired) electrons. The van der Waals surface area contributed by atoms with Crippen molar-refractivity contribution in [3.05, 3.63) is 40.6 Å². The van der Waals surface area contributed by atoms with E-state index in [1.165, 1.54) is 0 Å². The molecule has 2 aromatic rings. The van der Waals surface area contributed by atoms with Crippen molar-refractivity contribution < 1.29 is 13.2 Å². The highest BCUT2D eigenvalue weighted by atomic mass is 32.2. The summed E-state index contributed by atoms with van der Waals surface area (Å²) in [5.41, 5.74) is 6.07. The smallest absolute Gasteiger partial charge is 0.229 e. The minimum atomic E-state index is -3.34. The molecule has 0 atom stereocenters. The van der Waals surface area contributed by atoms with Crippen LogP contribution in [0.5, 0.6) is 0 Å². The quantitative estimate of drug-likeness (QED) is 0.834. The summed E-state index contributed by atoms with van der Waals surface area (Å²) in [6, 6.07) is 5.54. The number of aryl methyl sites for hydroxylation is 1. The van der Waals surface area contributed by atoms with E-state index in [0.29, 0.717) is 12.1 Å². The molecule has 0 bridgehead atoms. The second-order valence-electron chi connectivity index (χ2n) is 6.46. The van der Waals surface area contributed by atoms with E-state index in [0.717, 1.165) is 59.2 Å². The van der Waals surface area contributed by atoms with E-state index in [4.69, 9.17) is 0 Å². The zero-order chi connectivity index (χ0) is 17.5. The molecule has 1 aromatic carbocycles. The number of H-pyrrole nitrogens is 1. The Morgan fingerprint density at radius 1 is 1.12 bits per heavy atom. The molecule has 1 aromatic heterocycles. The van der Waals surface area contributed by atoms with Crippen LogP contribution in [0.3, 0.4) is 0 Å². The number of hydrogen-bond donors (Lipinski definition) is 2. The van der Waals surface area contributed by atoms with Gasteiger partial charge in [-0.15, -0.1) is 0 Å². The molecule has 2 N–H and O–H groups in total. The number of fused-ring (bicyclic) bond motifs is 1. The average molecular weight is 346 g/mol. The molecule has 0 saturated heterocycles. The Balaban J connectivity index is 2.16. The fourth-order valence-electron chi connectivity index (χ4n) is 3.46. The Morgan fingerprint density at radius 3 is 2.54 bits per heavy atom. The molecule has 0 spiro atoms. The topological polar surface area (TPSA) is 79.0 Å². The molecule has 24 heavy (non-hydrogen) atoms. The van der Waals surface area contributed by atoms with Crippen molar-refractivity contribution in [2.45, 2.75) is 39.5 Å². The summed E-state index contributed by atoms with van der Waals surface area (Å²) in [6.07, 6.45) is 4.51. The van der Waals surface area contributed by atoms with Gasteiger partial charge in [0.2, 0.25) is 10.0 Å². The van der Waals surface area contributed by atoms with Crippen molar-refractivity contribution in [1.29, 1.82) is 0 Å². The van der Waals surface area contributed by atoms with Gasteiger partial charge in [-0.05, 0) is 50.3 Å². The second kappa shape index (κ2) is 6.09. The van der Waals surface area contributed by atoms with E-state index in [9.17, 15) is 13.2 Å². The molecule has 0 saturated carbocycles. The lowest BCUT2D eigenvalue weighted by Crippen LogP contribution is -2.11. The highest BCUT2D eigenvalue weighted by Gasteiger charge is 2.24. The first-order valence-electron chi connectivity index (χ1n) is 8.10. The van der Waals surface area contributed by atoms with Crippen molar-refractivity contribution in [1.82, 2.24) is 4.98 Å². The zero-order valence-corrected chi connectivity index (χ0v) is 15.0. The number of ketones is 1. The minimum absolute atomic E-state index is 0.200. The minimum Gasteiger partial charge on any atom is -0.358 e. The molecule has 1 heterocycles. The maximum Gasteiger partial charge on any atom is 0.229 e. The zero-order valence-electron chi connectivity index (χ0n) is 14.2. The summed E-state index contributed by atoms with van der Waals surface area (Å²) in [7, 11) is -3.34. The van der Waals surface area contributed by atoms with E-state index in [1.54, 1.807) is 6.07 Å². The van der Waals surface area contributed by atoms with Gasteiger partial charge in [0.25, 0.3) is 0 Å². The predicted molar refractivity (Wildman–Crippen MR) is 96.1 cm³/mol. The number of carbonyl (C=O) groups excluding carboxylic acids is 1. The largest absolute Gasteiger partial charge is 0.358 e. The number of aromatic nitrogens is 1. The number of nitrogens with one attached hydrogen (secondary N) is 2. The normalized spacial score (nSPS) is 15.0. The molecule has 6 heteroatoms. The van der Waals surface area contributed by atoms with Crippen molar-refractivity contribution in [2.24, 2.45) is 0 Å². The number of hydrogen-bond acceptors (Lipinski definition) is 3. The average Bonchev–Trinajstić information content (AvgIpc) is 2.68. The molecule has 3 rings (SSSR count). The number of carbonyl (C=O) groups is 1. The van der Waals surface area contributed by atoms with Gasteiger partial charge in [0.1, 0.15) is 0 Å². The number of anilines is 1. The summed E-state index contributed by atoms with van der Waals surface area (Å²) in [5.74, 6) is 0.200. The summed E-state index contributed by atoms with van der Waals surface area (Å²) in [6.45, 7) is 3.82. The van der Waals surface area contributed by atoms with E-state index in [1.807, 2.05) is 26.0 Å². The van der Waals surface area contributed by atoms with Crippen LogP contribution in [0.25, 0.3) is 11.3 Å². The molecule has 5 nitrogen and oxygen atoms in total. The van der Waals surface area contributed by atoms with Crippen LogP contribution in [0.4, 0.5) is 5.69 Å². The van der Waals surface area contributed by atoms with Crippen molar-refractivity contribution in [3.63, 3.8) is 0 Å². The maximum atomic E-state index is 12.4. The van der Waals surface area contributed by atoms with E-state index in [-0.39, 0.29) is 5.78 Å². The van der Waals surface area contributed by atoms with Gasteiger partial charge in [-0.2, -0.15) is 0 Å². The standard InChI is InChI=1S/C18H22N2O3S/c1-11-13(8-6-9-15(11)20-24(3,22)23)18-14-7-4-5-10-16(21)17(14)12(2)19-18/h6,8-9,19-20H,4-5,7,10H2,1-3H3. The van der Waals surface area contributed by atoms with Crippen LogP contribution in [0, 0.1) is 13.8 Å². The molecule has 0 fully saturated rings. The lowest BCUT2D eigenvalue weighted by Gasteiger charge is -2.13. The van der Waals surface area contributed by atoms with Gasteiger partial charge < -0.3 is 4.98 Å². The third kappa shape index (κ3) is 3.11. The number of benzene rings is 1. The molecule has 1 aliphatic rings. The van der Waals surface area contributed by atoms with Gasteiger partial charge >= 0.3 is 0 Å². The number of sulfonamides is 1. The maximum absolute atomic E-state index is 12.4. The summed E-state index contributed by atoms with van der Waals surface area (Å²) < 4.78 is 25.7. The Morgan fingerprint density at radius 2 is 1.83 bits per heavy atom. The molecule has 0 aliphatic heterocycles. The second-order valence-corrected chi connectivity index (χ2v) is 8.21. The molecule has 128 valence electrons. The van der Waals surface area contributed by atoms with Gasteiger partial charge in [-0.3, -0.25) is 9.52 Å². The van der Waals surface area contributed by atoms with Gasteiger partial charge in [0, 0.05) is 28.9 Å². The summed E-state index contributed by atoms with van der Waals surface area (Å²) >= 11 is 0. The van der Waals surface area contributed by atoms with Gasteiger partial charge in [0.05, 0.1) is 11.9 Å². The van der Waals surface area contributed by atoms with Crippen LogP contribution >= 0.6 is 0 Å². The fourth-order valence-corrected chi connectivity index (χ4v) is 4.08. The molecular formula is C18H22N2O3S. The fraction of sp³-hybridized carbons (Fsp3) is 0.389. The van der Waals surface area contributed by atoms with Gasteiger partial charge in [-0.1, -0.05) is 12.1 Å². The first-order valence-corrected chi connectivity index (χ1v) is 9.99. The van der Waals surface area contributed by atoms with Crippen LogP contribution in [-0.4, -0.2) is 25.4 Å². The van der Waals surface area contributed by atoms with Crippen LogP contribution in [0.1, 0.15) is 46.4 Å². The molecule has 0 unspecified atom stereocenters. The lowest BCUT2D eigenvalue weighted by molar-refractivity contribution is 0.0981. The van der Waals surface area contributed by atoms with Crippen molar-refractivity contribution in [3.8, 4) is 11.3 Å². The molecule has 1 aliphatic carbocycles. The Labute approximate surface area is 142 Å². The SMILES string of the molecule is Cc1[nH]c(-c2cccc(NS(C)(=O)=O)c2C)c2c1C(=O)CCCC2. The van der Waals surface area contributed by atoms with Crippen LogP contribution in [-0.2, 0) is 16.4 Å². The molecule has 0 amide bonds. The number of Topliss-reactive ketones (excluding diaryl/α,β-unsaturated/α-hetero) is 1. The first-order chi connectivity index (χ1) is 11.3. The van der Waals surface area contributed by atoms with Crippen LogP contribution in [0.15, 0.2) is 18.2 Å². The van der Waals surface area contributed by atoms with Gasteiger partial charge in [-0.25, -0.2) is 8.42 Å². The summed E-state index contributed by atoms with van der Waals surface area (Å²) in [4.78, 5) is 15.8. The van der Waals surface area contributed by atoms with E-state index in [2.05, 4.69) is 9.71 Å². The third-order valence-corrected chi connectivity index (χ3v) is 5.14.